The van der Waals surface area contributed by atoms with E-state index >= 15 is 0 Å². The van der Waals surface area contributed by atoms with E-state index in [1.165, 1.54) is 0 Å². The highest BCUT2D eigenvalue weighted by atomic mass is 19.3. The highest BCUT2D eigenvalue weighted by Gasteiger charge is 2.33. The van der Waals surface area contributed by atoms with Crippen molar-refractivity contribution in [2.75, 3.05) is 32.5 Å². The summed E-state index contributed by atoms with van der Waals surface area (Å²) in [6.45, 7) is 2.01. The van der Waals surface area contributed by atoms with E-state index in [9.17, 15) is 13.6 Å². The van der Waals surface area contributed by atoms with E-state index in [1.807, 2.05) is 60.3 Å². The molecule has 1 amide bonds. The second kappa shape index (κ2) is 10.3. The first-order valence-electron chi connectivity index (χ1n) is 12.2. The Bertz CT molecular complexity index is 1390. The van der Waals surface area contributed by atoms with E-state index < -0.39 is 5.92 Å². The number of hydrogen-bond donors (Lipinski definition) is 2. The van der Waals surface area contributed by atoms with Crippen LogP contribution in [0.2, 0.25) is 0 Å². The zero-order valence-electron chi connectivity index (χ0n) is 20.8. The second-order valence-corrected chi connectivity index (χ2v) is 9.78. The van der Waals surface area contributed by atoms with Crippen LogP contribution in [0.1, 0.15) is 34.6 Å². The average molecular weight is 506 g/mol. The van der Waals surface area contributed by atoms with Crippen LogP contribution in [-0.4, -0.2) is 69.0 Å². The van der Waals surface area contributed by atoms with Crippen molar-refractivity contribution < 1.29 is 13.6 Å². The van der Waals surface area contributed by atoms with Gasteiger partial charge in [-0.2, -0.15) is 5.10 Å². The number of pyridine rings is 2. The molecule has 0 unspecified atom stereocenters. The molecule has 5 rings (SSSR count). The SMILES string of the molecule is CN(C)Cc1ccc(NC(=O)c2n[nH]c3ccc(-c4cncc(CN5CCC(F)(F)CC5)c4)cc23)cn1. The lowest BCUT2D eigenvalue weighted by Gasteiger charge is -2.31. The molecular formula is C27H29F2N7O. The fourth-order valence-electron chi connectivity index (χ4n) is 4.50. The molecule has 1 saturated heterocycles. The van der Waals surface area contributed by atoms with Crippen molar-refractivity contribution in [2.24, 2.45) is 0 Å². The molecule has 4 aromatic rings. The van der Waals surface area contributed by atoms with Crippen LogP contribution in [-0.2, 0) is 13.1 Å². The van der Waals surface area contributed by atoms with Crippen molar-refractivity contribution in [3.63, 3.8) is 0 Å². The van der Waals surface area contributed by atoms with Gasteiger partial charge in [0.05, 0.1) is 23.1 Å². The number of carbonyl (C=O) groups is 1. The largest absolute Gasteiger partial charge is 0.319 e. The number of carbonyl (C=O) groups excluding carboxylic acids is 1. The lowest BCUT2D eigenvalue weighted by molar-refractivity contribution is -0.0566. The number of amides is 1. The van der Waals surface area contributed by atoms with Crippen LogP contribution < -0.4 is 5.32 Å². The number of hydrogen-bond acceptors (Lipinski definition) is 6. The summed E-state index contributed by atoms with van der Waals surface area (Å²) < 4.78 is 27.0. The predicted octanol–water partition coefficient (Wildman–Crippen LogP) is 4.56. The molecule has 1 fully saturated rings. The van der Waals surface area contributed by atoms with Gasteiger partial charge in [0.15, 0.2) is 5.69 Å². The molecule has 0 saturated carbocycles. The van der Waals surface area contributed by atoms with Crippen molar-refractivity contribution in [3.8, 4) is 11.1 Å². The Hall–Kier alpha value is -3.76. The van der Waals surface area contributed by atoms with Gasteiger partial charge in [0.2, 0.25) is 0 Å². The number of piperidine rings is 1. The molecule has 0 spiro atoms. The lowest BCUT2D eigenvalue weighted by Crippen LogP contribution is -2.38. The number of anilines is 1. The van der Waals surface area contributed by atoms with Crippen LogP contribution in [0.4, 0.5) is 14.5 Å². The van der Waals surface area contributed by atoms with Gasteiger partial charge in [0.1, 0.15) is 0 Å². The van der Waals surface area contributed by atoms with E-state index in [0.717, 1.165) is 27.9 Å². The van der Waals surface area contributed by atoms with Crippen LogP contribution in [0, 0.1) is 0 Å². The van der Waals surface area contributed by atoms with E-state index in [0.29, 0.717) is 37.3 Å². The summed E-state index contributed by atoms with van der Waals surface area (Å²) in [5.41, 5.74) is 5.25. The van der Waals surface area contributed by atoms with Crippen molar-refractivity contribution in [3.05, 3.63) is 71.9 Å². The molecule has 0 atom stereocenters. The molecule has 0 radical (unpaired) electrons. The van der Waals surface area contributed by atoms with Crippen LogP contribution in [0.15, 0.2) is 55.0 Å². The van der Waals surface area contributed by atoms with Gasteiger partial charge in [-0.25, -0.2) is 8.78 Å². The minimum Gasteiger partial charge on any atom is -0.319 e. The van der Waals surface area contributed by atoms with Gasteiger partial charge in [0.25, 0.3) is 11.8 Å². The number of fused-ring (bicyclic) bond motifs is 1. The zero-order chi connectivity index (χ0) is 26.0. The Morgan fingerprint density at radius 1 is 1.08 bits per heavy atom. The lowest BCUT2D eigenvalue weighted by atomic mass is 10.0. The maximum Gasteiger partial charge on any atom is 0.276 e. The topological polar surface area (TPSA) is 90.0 Å². The van der Waals surface area contributed by atoms with E-state index in [-0.39, 0.29) is 24.4 Å². The molecule has 8 nitrogen and oxygen atoms in total. The van der Waals surface area contributed by atoms with E-state index in [4.69, 9.17) is 0 Å². The highest BCUT2D eigenvalue weighted by Crippen LogP contribution is 2.29. The Labute approximate surface area is 213 Å². The summed E-state index contributed by atoms with van der Waals surface area (Å²) in [7, 11) is 3.94. The molecule has 1 aliphatic heterocycles. The number of rotatable bonds is 7. The summed E-state index contributed by atoms with van der Waals surface area (Å²) in [6, 6.07) is 11.5. The number of nitrogens with zero attached hydrogens (tertiary/aromatic N) is 5. The fraction of sp³-hybridized carbons (Fsp3) is 0.333. The third-order valence-corrected chi connectivity index (χ3v) is 6.46. The number of likely N-dealkylation sites (tertiary alicyclic amines) is 1. The Morgan fingerprint density at radius 3 is 2.62 bits per heavy atom. The number of nitrogens with one attached hydrogen (secondary N) is 2. The van der Waals surface area contributed by atoms with Gasteiger partial charge in [-0.05, 0) is 55.6 Å². The quantitative estimate of drug-likeness (QED) is 0.383. The number of aromatic amines is 1. The van der Waals surface area contributed by atoms with Crippen LogP contribution in [0.5, 0.6) is 0 Å². The Kier molecular flexibility index (Phi) is 6.94. The first-order valence-corrected chi connectivity index (χ1v) is 12.2. The molecule has 10 heteroatoms. The summed E-state index contributed by atoms with van der Waals surface area (Å²) >= 11 is 0. The van der Waals surface area contributed by atoms with Crippen LogP contribution in [0.3, 0.4) is 0 Å². The van der Waals surface area contributed by atoms with Crippen molar-refractivity contribution in [2.45, 2.75) is 31.9 Å². The zero-order valence-corrected chi connectivity index (χ0v) is 20.8. The molecule has 0 bridgehead atoms. The summed E-state index contributed by atoms with van der Waals surface area (Å²) in [5.74, 6) is -2.90. The van der Waals surface area contributed by atoms with E-state index in [2.05, 4.69) is 25.5 Å². The minimum absolute atomic E-state index is 0.113. The molecular weight excluding hydrogens is 476 g/mol. The normalized spacial score (nSPS) is 15.8. The van der Waals surface area contributed by atoms with E-state index in [1.54, 1.807) is 18.6 Å². The Morgan fingerprint density at radius 2 is 1.89 bits per heavy atom. The third kappa shape index (κ3) is 5.98. The number of aromatic nitrogens is 4. The number of alkyl halides is 2. The number of benzene rings is 1. The van der Waals surface area contributed by atoms with Gasteiger partial charge in [-0.3, -0.25) is 24.8 Å². The first-order chi connectivity index (χ1) is 17.8. The van der Waals surface area contributed by atoms with Gasteiger partial charge < -0.3 is 10.2 Å². The maximum absolute atomic E-state index is 13.5. The smallest absolute Gasteiger partial charge is 0.276 e. The van der Waals surface area contributed by atoms with Crippen molar-refractivity contribution >= 4 is 22.5 Å². The number of H-pyrrole nitrogens is 1. The standard InChI is InChI=1S/C27H29F2N7O/c1-35(2)17-22-5-4-21(15-31-22)32-26(37)25-23-12-19(3-6-24(23)33-34-25)20-11-18(13-30-14-20)16-36-9-7-27(28,29)8-10-36/h3-6,11-15H,7-10,16-17H2,1-2H3,(H,32,37)(H,33,34). The molecule has 192 valence electrons. The molecule has 4 heterocycles. The minimum atomic E-state index is -2.56. The highest BCUT2D eigenvalue weighted by molar-refractivity contribution is 6.11. The third-order valence-electron chi connectivity index (χ3n) is 6.46. The van der Waals surface area contributed by atoms with Crippen LogP contribution >= 0.6 is 0 Å². The van der Waals surface area contributed by atoms with Crippen LogP contribution in [0.25, 0.3) is 22.0 Å². The van der Waals surface area contributed by atoms with Gasteiger partial charge in [0, 0.05) is 62.4 Å². The molecule has 3 aromatic heterocycles. The average Bonchev–Trinajstić information content (AvgIpc) is 3.30. The van der Waals surface area contributed by atoms with Gasteiger partial charge in [-0.1, -0.05) is 6.07 Å². The maximum atomic E-state index is 13.5. The molecule has 2 N–H and O–H groups in total. The second-order valence-electron chi connectivity index (χ2n) is 9.78. The van der Waals surface area contributed by atoms with Gasteiger partial charge >= 0.3 is 0 Å². The van der Waals surface area contributed by atoms with Gasteiger partial charge in [-0.15, -0.1) is 0 Å². The van der Waals surface area contributed by atoms with Crippen molar-refractivity contribution in [1.29, 1.82) is 0 Å². The molecule has 1 aliphatic rings. The Balaban J connectivity index is 1.32. The fourth-order valence-corrected chi connectivity index (χ4v) is 4.50. The summed E-state index contributed by atoms with van der Waals surface area (Å²) in [6.07, 6.45) is 4.94. The predicted molar refractivity (Wildman–Crippen MR) is 138 cm³/mol. The summed E-state index contributed by atoms with van der Waals surface area (Å²) in [5, 5.41) is 10.7. The monoisotopic (exact) mass is 505 g/mol. The molecule has 1 aromatic carbocycles. The molecule has 37 heavy (non-hydrogen) atoms. The van der Waals surface area contributed by atoms with Crippen molar-refractivity contribution in [1.82, 2.24) is 30.0 Å². The summed E-state index contributed by atoms with van der Waals surface area (Å²) in [4.78, 5) is 25.8. The first kappa shape index (κ1) is 24.9. The molecule has 0 aliphatic carbocycles. The number of halogens is 2.